The Morgan fingerprint density at radius 3 is 2.61 bits per heavy atom. The summed E-state index contributed by atoms with van der Waals surface area (Å²) in [6, 6.07) is 11.7. The van der Waals surface area contributed by atoms with Crippen LogP contribution in [0.4, 0.5) is 5.69 Å². The Bertz CT molecular complexity index is 521. The van der Waals surface area contributed by atoms with Gasteiger partial charge in [-0.3, -0.25) is 0 Å². The summed E-state index contributed by atoms with van der Waals surface area (Å²) in [7, 11) is 0. The van der Waals surface area contributed by atoms with E-state index in [2.05, 4.69) is 25.2 Å². The number of rotatable bonds is 5. The molecule has 0 heterocycles. The average molecular weight is 243 g/mol. The Morgan fingerprint density at radius 1 is 1.11 bits per heavy atom. The lowest BCUT2D eigenvalue weighted by atomic mass is 10.0. The van der Waals surface area contributed by atoms with E-state index in [1.165, 1.54) is 12.8 Å². The van der Waals surface area contributed by atoms with Crippen LogP contribution in [-0.2, 0) is 0 Å². The van der Waals surface area contributed by atoms with Crippen molar-refractivity contribution in [2.75, 3.05) is 11.9 Å². The fourth-order valence-corrected chi connectivity index (χ4v) is 2.33. The molecule has 0 amide bonds. The van der Waals surface area contributed by atoms with Crippen molar-refractivity contribution < 1.29 is 5.11 Å². The fourth-order valence-electron chi connectivity index (χ4n) is 2.33. The first kappa shape index (κ1) is 12.7. The van der Waals surface area contributed by atoms with Crippen molar-refractivity contribution in [2.24, 2.45) is 5.92 Å². The Hall–Kier alpha value is -1.70. The summed E-state index contributed by atoms with van der Waals surface area (Å²) in [6.45, 7) is 5.45. The molecular weight excluding hydrogens is 222 g/mol. The van der Waals surface area contributed by atoms with E-state index in [4.69, 9.17) is 0 Å². The minimum Gasteiger partial charge on any atom is -0.507 e. The maximum Gasteiger partial charge on any atom is 0.123 e. The van der Waals surface area contributed by atoms with Crippen LogP contribution in [0, 0.1) is 5.92 Å². The smallest absolute Gasteiger partial charge is 0.123 e. The monoisotopic (exact) mass is 243 g/mol. The summed E-state index contributed by atoms with van der Waals surface area (Å²) in [6.07, 6.45) is 2.46. The van der Waals surface area contributed by atoms with Gasteiger partial charge in [-0.1, -0.05) is 44.5 Å². The van der Waals surface area contributed by atoms with E-state index >= 15 is 0 Å². The summed E-state index contributed by atoms with van der Waals surface area (Å²) >= 11 is 0. The van der Waals surface area contributed by atoms with E-state index in [0.29, 0.717) is 11.7 Å². The normalized spacial score (nSPS) is 12.6. The van der Waals surface area contributed by atoms with Gasteiger partial charge in [-0.2, -0.15) is 0 Å². The van der Waals surface area contributed by atoms with E-state index in [9.17, 15) is 5.11 Å². The molecule has 0 aromatic heterocycles. The highest BCUT2D eigenvalue weighted by molar-refractivity contribution is 5.97. The van der Waals surface area contributed by atoms with E-state index in [-0.39, 0.29) is 0 Å². The number of anilines is 1. The van der Waals surface area contributed by atoms with Crippen LogP contribution < -0.4 is 5.32 Å². The van der Waals surface area contributed by atoms with Crippen molar-refractivity contribution >= 4 is 16.5 Å². The van der Waals surface area contributed by atoms with E-state index in [1.807, 2.05) is 24.3 Å². The number of phenols is 1. The number of hydrogen-bond donors (Lipinski definition) is 2. The largest absolute Gasteiger partial charge is 0.507 e. The molecule has 2 heteroatoms. The van der Waals surface area contributed by atoms with Crippen molar-refractivity contribution in [1.82, 2.24) is 0 Å². The Labute approximate surface area is 109 Å². The molecule has 1 atom stereocenters. The first-order valence-corrected chi connectivity index (χ1v) is 6.67. The maximum absolute atomic E-state index is 9.83. The van der Waals surface area contributed by atoms with Gasteiger partial charge in [0.25, 0.3) is 0 Å². The molecule has 0 spiro atoms. The van der Waals surface area contributed by atoms with Crippen LogP contribution >= 0.6 is 0 Å². The molecule has 18 heavy (non-hydrogen) atoms. The molecule has 0 fully saturated rings. The minimum absolute atomic E-state index is 0.345. The molecule has 0 aliphatic carbocycles. The van der Waals surface area contributed by atoms with Crippen LogP contribution in [0.3, 0.4) is 0 Å². The number of phenolic OH excluding ortho intramolecular Hbond substituents is 1. The third-order valence-electron chi connectivity index (χ3n) is 3.32. The third kappa shape index (κ3) is 2.76. The van der Waals surface area contributed by atoms with Gasteiger partial charge < -0.3 is 10.4 Å². The highest BCUT2D eigenvalue weighted by atomic mass is 16.3. The lowest BCUT2D eigenvalue weighted by Crippen LogP contribution is -2.11. The van der Waals surface area contributed by atoms with Gasteiger partial charge in [0.2, 0.25) is 0 Å². The Kier molecular flexibility index (Phi) is 4.08. The summed E-state index contributed by atoms with van der Waals surface area (Å²) in [5.41, 5.74) is 1.10. The van der Waals surface area contributed by atoms with Gasteiger partial charge in [-0.15, -0.1) is 0 Å². The van der Waals surface area contributed by atoms with Gasteiger partial charge >= 0.3 is 0 Å². The van der Waals surface area contributed by atoms with Crippen molar-refractivity contribution in [2.45, 2.75) is 26.7 Å². The zero-order valence-electron chi connectivity index (χ0n) is 11.1. The van der Waals surface area contributed by atoms with Crippen LogP contribution in [0.1, 0.15) is 26.7 Å². The molecule has 0 saturated heterocycles. The second kappa shape index (κ2) is 5.76. The summed E-state index contributed by atoms with van der Waals surface area (Å²) < 4.78 is 0. The number of benzene rings is 2. The number of aromatic hydroxyl groups is 1. The molecule has 2 aromatic carbocycles. The fraction of sp³-hybridized carbons (Fsp3) is 0.375. The standard InChI is InChI=1S/C16H21NO/c1-3-6-12(2)11-17-15-9-4-8-14-13(15)7-5-10-16(14)18/h4-5,7-10,12,17-18H,3,6,11H2,1-2H3. The van der Waals surface area contributed by atoms with Gasteiger partial charge in [-0.25, -0.2) is 0 Å². The lowest BCUT2D eigenvalue weighted by Gasteiger charge is -2.14. The van der Waals surface area contributed by atoms with E-state index in [0.717, 1.165) is 23.0 Å². The topological polar surface area (TPSA) is 32.3 Å². The van der Waals surface area contributed by atoms with Crippen molar-refractivity contribution in [1.29, 1.82) is 0 Å². The zero-order chi connectivity index (χ0) is 13.0. The molecule has 2 N–H and O–H groups in total. The predicted octanol–water partition coefficient (Wildman–Crippen LogP) is 4.39. The SMILES string of the molecule is CCCC(C)CNc1cccc2c(O)cccc12. The maximum atomic E-state index is 9.83. The highest BCUT2D eigenvalue weighted by Gasteiger charge is 2.05. The second-order valence-electron chi connectivity index (χ2n) is 4.95. The van der Waals surface area contributed by atoms with Crippen LogP contribution in [0.15, 0.2) is 36.4 Å². The molecule has 1 unspecified atom stereocenters. The summed E-state index contributed by atoms with van der Waals surface area (Å²) in [4.78, 5) is 0. The van der Waals surface area contributed by atoms with Crippen LogP contribution in [-0.4, -0.2) is 11.7 Å². The van der Waals surface area contributed by atoms with Crippen molar-refractivity contribution in [3.8, 4) is 5.75 Å². The molecule has 2 nitrogen and oxygen atoms in total. The van der Waals surface area contributed by atoms with Crippen LogP contribution in [0.5, 0.6) is 5.75 Å². The van der Waals surface area contributed by atoms with Crippen LogP contribution in [0.2, 0.25) is 0 Å². The van der Waals surface area contributed by atoms with Crippen molar-refractivity contribution in [3.05, 3.63) is 36.4 Å². The van der Waals surface area contributed by atoms with Gasteiger partial charge in [0.15, 0.2) is 0 Å². The van der Waals surface area contributed by atoms with Gasteiger partial charge in [0.05, 0.1) is 0 Å². The molecular formula is C16H21NO. The van der Waals surface area contributed by atoms with Gasteiger partial charge in [0, 0.05) is 23.0 Å². The first-order valence-electron chi connectivity index (χ1n) is 6.67. The molecule has 0 bridgehead atoms. The minimum atomic E-state index is 0.345. The number of hydrogen-bond acceptors (Lipinski definition) is 2. The van der Waals surface area contributed by atoms with Crippen molar-refractivity contribution in [3.63, 3.8) is 0 Å². The molecule has 2 rings (SSSR count). The summed E-state index contributed by atoms with van der Waals surface area (Å²) in [5, 5.41) is 15.3. The predicted molar refractivity (Wildman–Crippen MR) is 78.2 cm³/mol. The van der Waals surface area contributed by atoms with E-state index < -0.39 is 0 Å². The van der Waals surface area contributed by atoms with Crippen LogP contribution in [0.25, 0.3) is 10.8 Å². The second-order valence-corrected chi connectivity index (χ2v) is 4.95. The molecule has 2 aromatic rings. The highest BCUT2D eigenvalue weighted by Crippen LogP contribution is 2.29. The number of nitrogens with one attached hydrogen (secondary N) is 1. The Morgan fingerprint density at radius 2 is 1.83 bits per heavy atom. The lowest BCUT2D eigenvalue weighted by molar-refractivity contribution is 0.481. The first-order chi connectivity index (χ1) is 8.72. The average Bonchev–Trinajstić information content (AvgIpc) is 2.37. The van der Waals surface area contributed by atoms with Gasteiger partial charge in [-0.05, 0) is 24.5 Å². The molecule has 0 aliphatic heterocycles. The number of fused-ring (bicyclic) bond motifs is 1. The quantitative estimate of drug-likeness (QED) is 0.816. The Balaban J connectivity index is 2.21. The van der Waals surface area contributed by atoms with E-state index in [1.54, 1.807) is 6.07 Å². The molecule has 0 radical (unpaired) electrons. The van der Waals surface area contributed by atoms with Gasteiger partial charge in [0.1, 0.15) is 5.75 Å². The molecule has 0 aliphatic rings. The molecule has 0 saturated carbocycles. The zero-order valence-corrected chi connectivity index (χ0v) is 11.1. The molecule has 96 valence electrons. The summed E-state index contributed by atoms with van der Waals surface area (Å²) in [5.74, 6) is 1.01. The third-order valence-corrected chi connectivity index (χ3v) is 3.32.